The summed E-state index contributed by atoms with van der Waals surface area (Å²) in [6.07, 6.45) is 5.72. The summed E-state index contributed by atoms with van der Waals surface area (Å²) in [4.78, 5) is 1.61. The van der Waals surface area contributed by atoms with Crippen molar-refractivity contribution >= 4 is 11.3 Å². The predicted octanol–water partition coefficient (Wildman–Crippen LogP) is 4.79. The topological polar surface area (TPSA) is 12.0 Å². The first kappa shape index (κ1) is 13.3. The molecule has 0 radical (unpaired) electrons. The maximum atomic E-state index is 3.91. The highest BCUT2D eigenvalue weighted by molar-refractivity contribution is 7.10. The van der Waals surface area contributed by atoms with E-state index in [1.54, 1.807) is 10.4 Å². The summed E-state index contributed by atoms with van der Waals surface area (Å²) in [6.45, 7) is 8.57. The highest BCUT2D eigenvalue weighted by Crippen LogP contribution is 2.61. The van der Waals surface area contributed by atoms with Gasteiger partial charge in [0, 0.05) is 17.5 Å². The number of nitrogens with one attached hydrogen (secondary N) is 1. The van der Waals surface area contributed by atoms with Gasteiger partial charge < -0.3 is 5.32 Å². The molecule has 4 saturated carbocycles. The van der Waals surface area contributed by atoms with Crippen molar-refractivity contribution in [3.63, 3.8) is 0 Å². The van der Waals surface area contributed by atoms with Crippen molar-refractivity contribution < 1.29 is 0 Å². The smallest absolute Gasteiger partial charge is 0.0305 e. The third kappa shape index (κ3) is 1.99. The molecule has 4 fully saturated rings. The molecule has 1 aromatic heterocycles. The fraction of sp³-hybridized carbons (Fsp3) is 0.778. The number of hydrogen-bond acceptors (Lipinski definition) is 2. The molecular formula is C18H27NS. The monoisotopic (exact) mass is 289 g/mol. The molecular weight excluding hydrogens is 262 g/mol. The van der Waals surface area contributed by atoms with Gasteiger partial charge in [-0.2, -0.15) is 0 Å². The van der Waals surface area contributed by atoms with Crippen LogP contribution in [-0.2, 0) is 6.54 Å². The van der Waals surface area contributed by atoms with E-state index < -0.39 is 0 Å². The van der Waals surface area contributed by atoms with Gasteiger partial charge in [-0.05, 0) is 71.8 Å². The fourth-order valence-corrected chi connectivity index (χ4v) is 5.81. The lowest BCUT2D eigenvalue weighted by molar-refractivity contribution is -0.115. The van der Waals surface area contributed by atoms with E-state index in [-0.39, 0.29) is 0 Å². The van der Waals surface area contributed by atoms with Gasteiger partial charge in [0.1, 0.15) is 0 Å². The van der Waals surface area contributed by atoms with E-state index in [1.807, 2.05) is 11.3 Å². The molecule has 0 aromatic carbocycles. The van der Waals surface area contributed by atoms with Crippen LogP contribution in [0.4, 0.5) is 0 Å². The number of rotatable bonds is 4. The van der Waals surface area contributed by atoms with E-state index in [4.69, 9.17) is 0 Å². The van der Waals surface area contributed by atoms with Crippen LogP contribution in [0.25, 0.3) is 0 Å². The number of thiophene rings is 1. The van der Waals surface area contributed by atoms with Gasteiger partial charge >= 0.3 is 0 Å². The Morgan fingerprint density at radius 1 is 1.30 bits per heavy atom. The third-order valence-electron chi connectivity index (χ3n) is 6.68. The Morgan fingerprint density at radius 2 is 2.10 bits per heavy atom. The minimum Gasteiger partial charge on any atom is -0.309 e. The van der Waals surface area contributed by atoms with Crippen LogP contribution in [0, 0.1) is 23.2 Å². The highest BCUT2D eigenvalue weighted by atomic mass is 32.1. The molecule has 5 rings (SSSR count). The quantitative estimate of drug-likeness (QED) is 0.840. The van der Waals surface area contributed by atoms with Crippen molar-refractivity contribution in [2.75, 3.05) is 0 Å². The van der Waals surface area contributed by atoms with Crippen molar-refractivity contribution in [3.05, 3.63) is 21.9 Å². The zero-order chi connectivity index (χ0) is 13.9. The average Bonchev–Trinajstić information content (AvgIpc) is 3.16. The normalized spacial score (nSPS) is 38.5. The Bertz CT molecular complexity index is 499. The van der Waals surface area contributed by atoms with E-state index in [1.165, 1.54) is 25.7 Å². The summed E-state index contributed by atoms with van der Waals surface area (Å²) < 4.78 is 0. The first-order valence-corrected chi connectivity index (χ1v) is 9.25. The lowest BCUT2D eigenvalue weighted by atomic mass is 9.45. The Morgan fingerprint density at radius 3 is 2.75 bits per heavy atom. The molecule has 0 saturated heterocycles. The van der Waals surface area contributed by atoms with Crippen molar-refractivity contribution in [2.45, 2.75) is 65.0 Å². The van der Waals surface area contributed by atoms with Crippen LogP contribution in [-0.4, -0.2) is 6.04 Å². The standard InChI is InChI=1S/C18H27NS/c1-11-15-8-13(18(15,2)3)9-16(11)19-10-17-14(6-7-20-17)12-4-5-12/h6-7,11-13,15-16,19H,4-5,8-10H2,1-3H3/t11-,13+,15-,16-/m1/s1. The van der Waals surface area contributed by atoms with Gasteiger partial charge in [0.15, 0.2) is 0 Å². The van der Waals surface area contributed by atoms with Gasteiger partial charge in [-0.1, -0.05) is 20.8 Å². The van der Waals surface area contributed by atoms with E-state index in [0.717, 1.165) is 36.3 Å². The largest absolute Gasteiger partial charge is 0.309 e. The summed E-state index contributed by atoms with van der Waals surface area (Å²) in [5, 5.41) is 6.19. The van der Waals surface area contributed by atoms with Crippen LogP contribution < -0.4 is 5.32 Å². The Labute approximate surface area is 127 Å². The molecule has 1 nitrogen and oxygen atoms in total. The SMILES string of the molecule is C[C@@H]1[C@H]2C[C@@H](C[C@H]1NCc1sccc1C1CC1)C2(C)C. The molecule has 2 heteroatoms. The first-order valence-electron chi connectivity index (χ1n) is 8.37. The van der Waals surface area contributed by atoms with E-state index in [0.29, 0.717) is 5.41 Å². The van der Waals surface area contributed by atoms with Crippen LogP contribution in [0.2, 0.25) is 0 Å². The molecule has 1 N–H and O–H groups in total. The molecule has 0 spiro atoms. The maximum absolute atomic E-state index is 3.91. The second kappa shape index (κ2) is 4.58. The third-order valence-corrected chi connectivity index (χ3v) is 7.61. The number of hydrogen-bond donors (Lipinski definition) is 1. The fourth-order valence-electron chi connectivity index (χ4n) is 4.90. The Balaban J connectivity index is 1.39. The average molecular weight is 289 g/mol. The molecule has 1 aromatic rings. The molecule has 2 bridgehead atoms. The summed E-state index contributed by atoms with van der Waals surface area (Å²) in [6, 6.07) is 3.12. The van der Waals surface area contributed by atoms with E-state index in [2.05, 4.69) is 37.5 Å². The van der Waals surface area contributed by atoms with Crippen LogP contribution in [0.15, 0.2) is 11.4 Å². The zero-order valence-electron chi connectivity index (χ0n) is 13.0. The van der Waals surface area contributed by atoms with Crippen LogP contribution >= 0.6 is 11.3 Å². The zero-order valence-corrected chi connectivity index (χ0v) is 13.8. The second-order valence-corrected chi connectivity index (χ2v) is 9.02. The van der Waals surface area contributed by atoms with Gasteiger partial charge in [-0.15, -0.1) is 11.3 Å². The van der Waals surface area contributed by atoms with Crippen LogP contribution in [0.5, 0.6) is 0 Å². The second-order valence-electron chi connectivity index (χ2n) is 8.02. The minimum atomic E-state index is 0.611. The lowest BCUT2D eigenvalue weighted by Crippen LogP contribution is -2.59. The predicted molar refractivity (Wildman–Crippen MR) is 86.1 cm³/mol. The Hall–Kier alpha value is -0.340. The molecule has 20 heavy (non-hydrogen) atoms. The Kier molecular flexibility index (Phi) is 3.05. The molecule has 4 atom stereocenters. The van der Waals surface area contributed by atoms with Gasteiger partial charge in [-0.25, -0.2) is 0 Å². The van der Waals surface area contributed by atoms with E-state index in [9.17, 15) is 0 Å². The summed E-state index contributed by atoms with van der Waals surface area (Å²) in [5.41, 5.74) is 2.26. The maximum Gasteiger partial charge on any atom is 0.0305 e. The summed E-state index contributed by atoms with van der Waals surface area (Å²) in [5.74, 6) is 3.66. The molecule has 0 amide bonds. The molecule has 1 heterocycles. The molecule has 4 aliphatic rings. The van der Waals surface area contributed by atoms with Gasteiger partial charge in [0.2, 0.25) is 0 Å². The van der Waals surface area contributed by atoms with Gasteiger partial charge in [0.25, 0.3) is 0 Å². The van der Waals surface area contributed by atoms with Crippen LogP contribution in [0.3, 0.4) is 0 Å². The molecule has 0 unspecified atom stereocenters. The highest BCUT2D eigenvalue weighted by Gasteiger charge is 2.55. The molecule has 0 aliphatic heterocycles. The summed E-state index contributed by atoms with van der Waals surface area (Å²) >= 11 is 1.96. The van der Waals surface area contributed by atoms with Crippen LogP contribution in [0.1, 0.15) is 62.8 Å². The van der Waals surface area contributed by atoms with Crippen molar-refractivity contribution in [1.82, 2.24) is 5.32 Å². The first-order chi connectivity index (χ1) is 9.57. The van der Waals surface area contributed by atoms with Gasteiger partial charge in [-0.3, -0.25) is 0 Å². The summed E-state index contributed by atoms with van der Waals surface area (Å²) in [7, 11) is 0. The van der Waals surface area contributed by atoms with Crippen molar-refractivity contribution in [2.24, 2.45) is 23.2 Å². The van der Waals surface area contributed by atoms with Crippen molar-refractivity contribution in [3.8, 4) is 0 Å². The minimum absolute atomic E-state index is 0.611. The van der Waals surface area contributed by atoms with Crippen molar-refractivity contribution in [1.29, 1.82) is 0 Å². The molecule has 4 aliphatic carbocycles. The lowest BCUT2D eigenvalue weighted by Gasteiger charge is -2.62. The van der Waals surface area contributed by atoms with Gasteiger partial charge in [0.05, 0.1) is 0 Å². The number of fused-ring (bicyclic) bond motifs is 2. The molecule has 110 valence electrons. The van der Waals surface area contributed by atoms with E-state index >= 15 is 0 Å².